The Balaban J connectivity index is 0.946. The first-order valence-electron chi connectivity index (χ1n) is 12.5. The lowest BCUT2D eigenvalue weighted by atomic mass is 10.1. The molecule has 2 fully saturated rings. The van der Waals surface area contributed by atoms with Crippen LogP contribution >= 0.6 is 0 Å². The van der Waals surface area contributed by atoms with Gasteiger partial charge in [0, 0.05) is 38.8 Å². The fraction of sp³-hybridized carbons (Fsp3) is 0.769. The molecular weight excluding hydrogens is 420 g/mol. The maximum Gasteiger partial charge on any atom is 0.407 e. The normalized spacial score (nSPS) is 31.2. The predicted molar refractivity (Wildman–Crippen MR) is 123 cm³/mol. The summed E-state index contributed by atoms with van der Waals surface area (Å²) in [5.74, 6) is 16.4. The van der Waals surface area contributed by atoms with Crippen molar-refractivity contribution in [1.82, 2.24) is 10.6 Å². The van der Waals surface area contributed by atoms with Crippen molar-refractivity contribution in [3.8, 4) is 23.7 Å². The third-order valence-electron chi connectivity index (χ3n) is 7.52. The highest BCUT2D eigenvalue weighted by atomic mass is 16.6. The molecule has 7 heteroatoms. The number of alkyl carbamates (subject to hydrolysis) is 2. The van der Waals surface area contributed by atoms with Crippen LogP contribution in [0, 0.1) is 59.2 Å². The van der Waals surface area contributed by atoms with Crippen LogP contribution in [0.3, 0.4) is 0 Å². The van der Waals surface area contributed by atoms with E-state index in [0.717, 1.165) is 51.4 Å². The molecule has 33 heavy (non-hydrogen) atoms. The van der Waals surface area contributed by atoms with Gasteiger partial charge in [-0.05, 0) is 61.2 Å². The van der Waals surface area contributed by atoms with E-state index in [2.05, 4.69) is 34.3 Å². The minimum atomic E-state index is -0.394. The van der Waals surface area contributed by atoms with Crippen LogP contribution in [0.25, 0.3) is 0 Å². The summed E-state index contributed by atoms with van der Waals surface area (Å²) in [6, 6.07) is 0. The molecule has 180 valence electrons. The first kappa shape index (κ1) is 23.8. The van der Waals surface area contributed by atoms with Crippen LogP contribution in [-0.4, -0.2) is 51.7 Å². The quantitative estimate of drug-likeness (QED) is 0.389. The molecule has 0 saturated heterocycles. The molecule has 0 aromatic rings. The average molecular weight is 457 g/mol. The SMILES string of the molecule is O=C(NCCOCCNC(=O)OC[C@@H]1[C@@H]2CCC#CCC[C@@H]21)OC[C@@H]1[C@@H]2CCC#CCC[C@@H]21. The van der Waals surface area contributed by atoms with E-state index in [1.807, 2.05) is 0 Å². The Morgan fingerprint density at radius 2 is 1.00 bits per heavy atom. The van der Waals surface area contributed by atoms with Gasteiger partial charge < -0.3 is 24.8 Å². The lowest BCUT2D eigenvalue weighted by Gasteiger charge is -2.09. The van der Waals surface area contributed by atoms with E-state index in [1.165, 1.54) is 0 Å². The highest BCUT2D eigenvalue weighted by Crippen LogP contribution is 2.53. The fourth-order valence-electron chi connectivity index (χ4n) is 5.56. The van der Waals surface area contributed by atoms with E-state index in [4.69, 9.17) is 14.2 Å². The second-order valence-electron chi connectivity index (χ2n) is 9.51. The lowest BCUT2D eigenvalue weighted by Crippen LogP contribution is -2.31. The molecule has 2 amide bonds. The first-order valence-corrected chi connectivity index (χ1v) is 12.5. The van der Waals surface area contributed by atoms with E-state index in [1.54, 1.807) is 0 Å². The highest BCUT2D eigenvalue weighted by Gasteiger charge is 2.50. The minimum absolute atomic E-state index is 0.366. The Morgan fingerprint density at radius 1 is 0.636 bits per heavy atom. The minimum Gasteiger partial charge on any atom is -0.449 e. The molecule has 4 aliphatic carbocycles. The molecular formula is C26H36N2O5. The molecule has 0 aromatic carbocycles. The Labute approximate surface area is 197 Å². The molecule has 4 aliphatic rings. The second-order valence-corrected chi connectivity index (χ2v) is 9.51. The van der Waals surface area contributed by atoms with Gasteiger partial charge in [0.2, 0.25) is 0 Å². The van der Waals surface area contributed by atoms with Gasteiger partial charge in [-0.15, -0.1) is 23.7 Å². The maximum atomic E-state index is 11.9. The first-order chi connectivity index (χ1) is 16.2. The third kappa shape index (κ3) is 7.30. The fourth-order valence-corrected chi connectivity index (χ4v) is 5.56. The van der Waals surface area contributed by atoms with Crippen molar-refractivity contribution in [2.45, 2.75) is 51.4 Å². The predicted octanol–water partition coefficient (Wildman–Crippen LogP) is 3.33. The van der Waals surface area contributed by atoms with E-state index in [-0.39, 0.29) is 0 Å². The van der Waals surface area contributed by atoms with Crippen molar-refractivity contribution >= 4 is 12.2 Å². The Hall–Kier alpha value is -2.38. The zero-order chi connectivity index (χ0) is 22.9. The van der Waals surface area contributed by atoms with Gasteiger partial charge >= 0.3 is 12.2 Å². The van der Waals surface area contributed by atoms with Crippen molar-refractivity contribution in [3.63, 3.8) is 0 Å². The van der Waals surface area contributed by atoms with Gasteiger partial charge in [0.1, 0.15) is 0 Å². The lowest BCUT2D eigenvalue weighted by molar-refractivity contribution is 0.112. The second kappa shape index (κ2) is 12.2. The van der Waals surface area contributed by atoms with Crippen molar-refractivity contribution < 1.29 is 23.8 Å². The van der Waals surface area contributed by atoms with Crippen LogP contribution in [-0.2, 0) is 14.2 Å². The van der Waals surface area contributed by atoms with Gasteiger partial charge in [-0.3, -0.25) is 0 Å². The molecule has 0 aromatic heterocycles. The summed E-state index contributed by atoms with van der Waals surface area (Å²) in [4.78, 5) is 23.7. The summed E-state index contributed by atoms with van der Waals surface area (Å²) >= 11 is 0. The van der Waals surface area contributed by atoms with Crippen LogP contribution in [0.1, 0.15) is 51.4 Å². The zero-order valence-electron chi connectivity index (χ0n) is 19.4. The topological polar surface area (TPSA) is 85.9 Å². The standard InChI is InChI=1S/C26H36N2O5/c29-25(32-17-23-19-9-5-1-2-6-10-20(19)23)27-13-15-31-16-14-28-26(30)33-18-24-21-11-7-3-4-8-12-22(21)24/h19-24H,5-18H2,(H,27,29)(H,28,30)/t19-,20+,21-,22+,23-,24-. The number of rotatable bonds is 10. The van der Waals surface area contributed by atoms with Gasteiger partial charge in [0.05, 0.1) is 26.4 Å². The highest BCUT2D eigenvalue weighted by molar-refractivity contribution is 5.67. The molecule has 0 radical (unpaired) electrons. The number of hydrogen-bond donors (Lipinski definition) is 2. The number of ether oxygens (including phenoxy) is 3. The van der Waals surface area contributed by atoms with E-state index in [0.29, 0.717) is 75.0 Å². The molecule has 0 aliphatic heterocycles. The summed E-state index contributed by atoms with van der Waals surface area (Å²) in [5, 5.41) is 5.43. The number of fused-ring (bicyclic) bond motifs is 2. The number of hydrogen-bond acceptors (Lipinski definition) is 5. The third-order valence-corrected chi connectivity index (χ3v) is 7.52. The summed E-state index contributed by atoms with van der Waals surface area (Å²) in [7, 11) is 0. The Bertz CT molecular complexity index is 705. The van der Waals surface area contributed by atoms with Gasteiger partial charge in [-0.25, -0.2) is 9.59 Å². The van der Waals surface area contributed by atoms with Gasteiger partial charge in [-0.1, -0.05) is 0 Å². The zero-order valence-corrected chi connectivity index (χ0v) is 19.4. The summed E-state index contributed by atoms with van der Waals surface area (Å²) < 4.78 is 16.2. The monoisotopic (exact) mass is 456 g/mol. The van der Waals surface area contributed by atoms with Crippen LogP contribution in [0.4, 0.5) is 9.59 Å². The number of carbonyl (C=O) groups excluding carboxylic acids is 2. The van der Waals surface area contributed by atoms with Gasteiger partial charge in [0.15, 0.2) is 0 Å². The molecule has 0 unspecified atom stereocenters. The number of carbonyl (C=O) groups is 2. The molecule has 0 bridgehead atoms. The number of amides is 2. The average Bonchev–Trinajstić information content (AvgIpc) is 3.63. The van der Waals surface area contributed by atoms with Gasteiger partial charge in [0.25, 0.3) is 0 Å². The maximum absolute atomic E-state index is 11.9. The molecule has 2 saturated carbocycles. The molecule has 4 rings (SSSR count). The van der Waals surface area contributed by atoms with Crippen molar-refractivity contribution in [2.24, 2.45) is 35.5 Å². The van der Waals surface area contributed by atoms with E-state index in [9.17, 15) is 9.59 Å². The Morgan fingerprint density at radius 3 is 1.36 bits per heavy atom. The van der Waals surface area contributed by atoms with Crippen molar-refractivity contribution in [1.29, 1.82) is 0 Å². The smallest absolute Gasteiger partial charge is 0.407 e. The van der Waals surface area contributed by atoms with E-state index < -0.39 is 12.2 Å². The largest absolute Gasteiger partial charge is 0.449 e. The summed E-state index contributed by atoms with van der Waals surface area (Å²) in [6.45, 7) is 2.47. The summed E-state index contributed by atoms with van der Waals surface area (Å²) in [5.41, 5.74) is 0. The van der Waals surface area contributed by atoms with Crippen molar-refractivity contribution in [2.75, 3.05) is 39.5 Å². The molecule has 2 N–H and O–H groups in total. The summed E-state index contributed by atoms with van der Waals surface area (Å²) in [6.07, 6.45) is 7.56. The molecule has 0 spiro atoms. The van der Waals surface area contributed by atoms with Crippen LogP contribution in [0.15, 0.2) is 0 Å². The Kier molecular flexibility index (Phi) is 8.78. The van der Waals surface area contributed by atoms with Crippen LogP contribution < -0.4 is 10.6 Å². The van der Waals surface area contributed by atoms with Crippen LogP contribution in [0.5, 0.6) is 0 Å². The van der Waals surface area contributed by atoms with Crippen LogP contribution in [0.2, 0.25) is 0 Å². The number of nitrogens with one attached hydrogen (secondary N) is 2. The molecule has 0 heterocycles. The van der Waals surface area contributed by atoms with E-state index >= 15 is 0 Å². The molecule has 7 nitrogen and oxygen atoms in total. The molecule has 6 atom stereocenters. The van der Waals surface area contributed by atoms with Gasteiger partial charge in [-0.2, -0.15) is 0 Å². The van der Waals surface area contributed by atoms with Crippen molar-refractivity contribution in [3.05, 3.63) is 0 Å².